The molecule has 0 unspecified atom stereocenters. The largest absolute Gasteiger partial charge is 0.309 e. The Morgan fingerprint density at radius 1 is 0.266 bits per heavy atom. The van der Waals surface area contributed by atoms with Gasteiger partial charge in [-0.3, -0.25) is 0 Å². The topological polar surface area (TPSA) is 23.6 Å². The number of benzene rings is 12. The van der Waals surface area contributed by atoms with Crippen LogP contribution in [0.4, 0.5) is 34.1 Å². The van der Waals surface area contributed by atoms with Crippen LogP contribution in [0.1, 0.15) is 25.0 Å². The molecule has 12 aromatic rings. The summed E-state index contributed by atoms with van der Waals surface area (Å²) in [4.78, 5) is 4.84. The molecule has 0 N–H and O–H groups in total. The Morgan fingerprint density at radius 2 is 0.646 bits per heavy atom. The van der Waals surface area contributed by atoms with E-state index in [0.29, 0.717) is 0 Å². The summed E-state index contributed by atoms with van der Waals surface area (Å²) >= 11 is 0. The number of hydrogen-bond acceptors (Lipinski definition) is 3. The standard InChI is InChI=1S/C75H53N2OP/c1-75(2)69-36-16-13-33-63(69)64-42-39-53(48-70(64)75)50-21-19-22-54(45-50)76-71-37-17-14-34-65(71)59-29-9-11-31-61(59)67-46-51(40-43-73(67)76)52-41-44-74-68(47-52)62-32-12-10-30-60(62)66-35-15-18-38-72(66)77(74)55-23-20-28-58(49-55)79(78,56-24-5-3-6-25-56)57-26-7-4-8-27-57/h3-49H,1-2H3. The fraction of sp³-hybridized carbons (Fsp3) is 0.0400. The zero-order chi connectivity index (χ0) is 52.8. The Labute approximate surface area is 462 Å². The van der Waals surface area contributed by atoms with Gasteiger partial charge in [0.2, 0.25) is 0 Å². The summed E-state index contributed by atoms with van der Waals surface area (Å²) in [5.41, 5.74) is 25.6. The zero-order valence-electron chi connectivity index (χ0n) is 43.9. The summed E-state index contributed by atoms with van der Waals surface area (Å²) in [5, 5.41) is 2.40. The van der Waals surface area contributed by atoms with Crippen molar-refractivity contribution < 1.29 is 4.57 Å². The van der Waals surface area contributed by atoms with Gasteiger partial charge in [-0.1, -0.05) is 232 Å². The SMILES string of the molecule is CC1(C)c2ccccc2-c2ccc(-c3cccc(N4c5ccccc5-c5ccccc5-c5cc(-c6ccc7c(c6)-c6ccccc6-c6ccccc6N7c6cccc(P(=O)(c7ccccc7)c7ccccc7)c6)ccc54)c3)cc21. The van der Waals surface area contributed by atoms with Crippen LogP contribution < -0.4 is 25.7 Å². The van der Waals surface area contributed by atoms with Gasteiger partial charge in [0, 0.05) is 55.0 Å². The summed E-state index contributed by atoms with van der Waals surface area (Å²) < 4.78 is 15.9. The first-order valence-electron chi connectivity index (χ1n) is 27.3. The molecule has 0 amide bonds. The van der Waals surface area contributed by atoms with Crippen molar-refractivity contribution >= 4 is 57.2 Å². The lowest BCUT2D eigenvalue weighted by atomic mass is 9.81. The Morgan fingerprint density at radius 3 is 1.20 bits per heavy atom. The maximum absolute atomic E-state index is 15.9. The number of anilines is 6. The molecule has 0 atom stereocenters. The molecule has 0 spiro atoms. The van der Waals surface area contributed by atoms with Gasteiger partial charge in [-0.15, -0.1) is 0 Å². The first kappa shape index (κ1) is 46.7. The normalized spacial score (nSPS) is 13.3. The average Bonchev–Trinajstić information content (AvgIpc) is 3.92. The molecule has 0 bridgehead atoms. The van der Waals surface area contributed by atoms with Crippen LogP contribution in [0.3, 0.4) is 0 Å². The molecule has 2 aliphatic heterocycles. The van der Waals surface area contributed by atoms with Crippen LogP contribution in [-0.4, -0.2) is 0 Å². The van der Waals surface area contributed by atoms with E-state index in [-0.39, 0.29) is 5.41 Å². The fourth-order valence-corrected chi connectivity index (χ4v) is 15.7. The number of nitrogens with zero attached hydrogens (tertiary/aromatic N) is 2. The molecular weight excluding hydrogens is 976 g/mol. The van der Waals surface area contributed by atoms with Gasteiger partial charge < -0.3 is 14.4 Å². The zero-order valence-corrected chi connectivity index (χ0v) is 44.8. The van der Waals surface area contributed by atoms with Gasteiger partial charge in [0.15, 0.2) is 7.14 Å². The monoisotopic (exact) mass is 1030 g/mol. The first-order chi connectivity index (χ1) is 38.8. The summed E-state index contributed by atoms with van der Waals surface area (Å²) in [6, 6.07) is 103. The highest BCUT2D eigenvalue weighted by Crippen LogP contribution is 2.56. The van der Waals surface area contributed by atoms with E-state index < -0.39 is 7.14 Å². The molecule has 3 aliphatic rings. The minimum atomic E-state index is -3.28. The van der Waals surface area contributed by atoms with Crippen LogP contribution in [0.25, 0.3) is 77.9 Å². The van der Waals surface area contributed by atoms with Crippen LogP contribution >= 0.6 is 7.14 Å². The van der Waals surface area contributed by atoms with Crippen LogP contribution in [0.15, 0.2) is 285 Å². The van der Waals surface area contributed by atoms with Gasteiger partial charge >= 0.3 is 0 Å². The minimum Gasteiger partial charge on any atom is -0.309 e. The van der Waals surface area contributed by atoms with Crippen molar-refractivity contribution in [2.75, 3.05) is 9.80 Å². The van der Waals surface area contributed by atoms with Gasteiger partial charge in [0.05, 0.1) is 22.7 Å². The lowest BCUT2D eigenvalue weighted by Crippen LogP contribution is -2.25. The number of rotatable bonds is 7. The lowest BCUT2D eigenvalue weighted by Gasteiger charge is -2.29. The second kappa shape index (κ2) is 18.3. The van der Waals surface area contributed by atoms with E-state index >= 15 is 4.57 Å². The molecule has 0 radical (unpaired) electrons. The molecule has 2 heterocycles. The summed E-state index contributed by atoms with van der Waals surface area (Å²) in [7, 11) is -3.28. The van der Waals surface area contributed by atoms with Crippen molar-refractivity contribution in [3.63, 3.8) is 0 Å². The average molecular weight is 1030 g/mol. The predicted octanol–water partition coefficient (Wildman–Crippen LogP) is 19.2. The third-order valence-electron chi connectivity index (χ3n) is 16.8. The molecular formula is C75H53N2OP. The highest BCUT2D eigenvalue weighted by Gasteiger charge is 2.36. The van der Waals surface area contributed by atoms with E-state index in [2.05, 4.69) is 242 Å². The highest BCUT2D eigenvalue weighted by molar-refractivity contribution is 7.85. The van der Waals surface area contributed by atoms with Crippen LogP contribution in [0.5, 0.6) is 0 Å². The maximum atomic E-state index is 15.9. The molecule has 0 saturated heterocycles. The fourth-order valence-electron chi connectivity index (χ4n) is 13.0. The van der Waals surface area contributed by atoms with Crippen molar-refractivity contribution in [2.45, 2.75) is 19.3 Å². The van der Waals surface area contributed by atoms with Crippen LogP contribution in [-0.2, 0) is 9.98 Å². The predicted molar refractivity (Wildman–Crippen MR) is 332 cm³/mol. The van der Waals surface area contributed by atoms with E-state index in [1.807, 2.05) is 66.7 Å². The molecule has 0 fully saturated rings. The maximum Gasteiger partial charge on any atom is 0.171 e. The van der Waals surface area contributed by atoms with Gasteiger partial charge in [-0.25, -0.2) is 0 Å². The van der Waals surface area contributed by atoms with Crippen LogP contribution in [0.2, 0.25) is 0 Å². The molecule has 4 heteroatoms. The van der Waals surface area contributed by atoms with E-state index in [4.69, 9.17) is 0 Å². The van der Waals surface area contributed by atoms with Crippen molar-refractivity contribution in [1.29, 1.82) is 0 Å². The third-order valence-corrected chi connectivity index (χ3v) is 19.9. The Bertz CT molecular complexity index is 4420. The van der Waals surface area contributed by atoms with Gasteiger partial charge in [-0.2, -0.15) is 0 Å². The van der Waals surface area contributed by atoms with Crippen molar-refractivity contribution in [2.24, 2.45) is 0 Å². The molecule has 79 heavy (non-hydrogen) atoms. The van der Waals surface area contributed by atoms with E-state index in [1.165, 1.54) is 50.1 Å². The van der Waals surface area contributed by atoms with Gasteiger partial charge in [-0.05, 0) is 133 Å². The molecule has 15 rings (SSSR count). The molecule has 3 nitrogen and oxygen atoms in total. The molecule has 0 aromatic heterocycles. The molecule has 1 aliphatic carbocycles. The summed E-state index contributed by atoms with van der Waals surface area (Å²) in [6.07, 6.45) is 0. The van der Waals surface area contributed by atoms with Crippen molar-refractivity contribution in [3.8, 4) is 77.9 Å². The second-order valence-corrected chi connectivity index (χ2v) is 24.3. The van der Waals surface area contributed by atoms with E-state index in [9.17, 15) is 0 Å². The van der Waals surface area contributed by atoms with Gasteiger partial charge in [0.1, 0.15) is 0 Å². The number of para-hydroxylation sites is 2. The van der Waals surface area contributed by atoms with E-state index in [0.717, 1.165) is 89.0 Å². The quantitative estimate of drug-likeness (QED) is 0.149. The van der Waals surface area contributed by atoms with Crippen molar-refractivity contribution in [1.82, 2.24) is 0 Å². The third kappa shape index (κ3) is 7.38. The Balaban J connectivity index is 0.881. The minimum absolute atomic E-state index is 0.0958. The van der Waals surface area contributed by atoms with Crippen molar-refractivity contribution in [3.05, 3.63) is 296 Å². The van der Waals surface area contributed by atoms with E-state index in [1.54, 1.807) is 0 Å². The Kier molecular flexibility index (Phi) is 10.8. The van der Waals surface area contributed by atoms with Crippen LogP contribution in [0, 0.1) is 0 Å². The molecule has 0 saturated carbocycles. The highest BCUT2D eigenvalue weighted by atomic mass is 31.2. The molecule has 374 valence electrons. The smallest absolute Gasteiger partial charge is 0.171 e. The second-order valence-electron chi connectivity index (χ2n) is 21.5. The lowest BCUT2D eigenvalue weighted by molar-refractivity contribution is 0.592. The molecule has 12 aromatic carbocycles. The number of fused-ring (bicyclic) bond motifs is 13. The Hall–Kier alpha value is -9.53. The summed E-state index contributed by atoms with van der Waals surface area (Å²) in [6.45, 7) is 4.71. The van der Waals surface area contributed by atoms with Gasteiger partial charge in [0.25, 0.3) is 0 Å². The summed E-state index contributed by atoms with van der Waals surface area (Å²) in [5.74, 6) is 0. The number of hydrogen-bond donors (Lipinski definition) is 0. The first-order valence-corrected chi connectivity index (χ1v) is 29.0.